The summed E-state index contributed by atoms with van der Waals surface area (Å²) >= 11 is 0. The van der Waals surface area contributed by atoms with Crippen LogP contribution in [-0.4, -0.2) is 101 Å². The van der Waals surface area contributed by atoms with Crippen LogP contribution >= 0.6 is 0 Å². The van der Waals surface area contributed by atoms with E-state index in [1.54, 1.807) is 24.0 Å². The molecule has 0 radical (unpaired) electrons. The number of piperazine rings is 1. The molecular formula is C37H48FN7O7. The second kappa shape index (κ2) is 17.9. The monoisotopic (exact) mass is 721 g/mol. The molecule has 0 saturated carbocycles. The molecule has 0 bridgehead atoms. The Labute approximate surface area is 301 Å². The zero-order valence-corrected chi connectivity index (χ0v) is 30.0. The highest BCUT2D eigenvalue weighted by Crippen LogP contribution is 2.27. The smallest absolute Gasteiger partial charge is 0.341 e. The van der Waals surface area contributed by atoms with Gasteiger partial charge in [-0.1, -0.05) is 44.2 Å². The van der Waals surface area contributed by atoms with Gasteiger partial charge in [-0.15, -0.1) is 0 Å². The molecule has 3 amide bonds. The molecule has 1 aliphatic rings. The number of aryl methyl sites for hydroxylation is 1. The highest BCUT2D eigenvalue weighted by atomic mass is 19.1. The number of nitrogens with one attached hydrogen (secondary N) is 3. The number of anilines is 1. The number of nitrogens with zero attached hydrogens (tertiary/aromatic N) is 3. The van der Waals surface area contributed by atoms with E-state index in [2.05, 4.69) is 16.0 Å². The van der Waals surface area contributed by atoms with Crippen LogP contribution in [0.3, 0.4) is 0 Å². The molecule has 14 nitrogen and oxygen atoms in total. The summed E-state index contributed by atoms with van der Waals surface area (Å²) in [5.41, 5.74) is 5.35. The molecular weight excluding hydrogens is 673 g/mol. The van der Waals surface area contributed by atoms with Crippen molar-refractivity contribution < 1.29 is 33.5 Å². The summed E-state index contributed by atoms with van der Waals surface area (Å²) in [6.45, 7) is 8.66. The first-order valence-corrected chi connectivity index (χ1v) is 17.5. The van der Waals surface area contributed by atoms with Gasteiger partial charge in [-0.2, -0.15) is 0 Å². The number of carboxylic acids is 1. The molecule has 1 aliphatic heterocycles. The Hall–Kier alpha value is -5.15. The van der Waals surface area contributed by atoms with Crippen LogP contribution in [0.2, 0.25) is 0 Å². The van der Waals surface area contributed by atoms with E-state index in [1.807, 2.05) is 49.1 Å². The van der Waals surface area contributed by atoms with Crippen molar-refractivity contribution in [1.82, 2.24) is 25.4 Å². The molecule has 0 aliphatic carbocycles. The molecule has 52 heavy (non-hydrogen) atoms. The van der Waals surface area contributed by atoms with Gasteiger partial charge in [-0.3, -0.25) is 28.9 Å². The van der Waals surface area contributed by atoms with Crippen LogP contribution in [0.1, 0.15) is 50.0 Å². The maximum Gasteiger partial charge on any atom is 0.341 e. The third-order valence-electron chi connectivity index (χ3n) is 9.11. The lowest BCUT2D eigenvalue weighted by Gasteiger charge is -2.36. The van der Waals surface area contributed by atoms with E-state index in [9.17, 15) is 33.9 Å². The number of carbonyl (C=O) groups is 5. The number of ketones is 1. The van der Waals surface area contributed by atoms with E-state index in [1.165, 1.54) is 17.7 Å². The molecule has 3 atom stereocenters. The number of halogens is 1. The highest BCUT2D eigenvalue weighted by molar-refractivity contribution is 5.96. The zero-order valence-electron chi connectivity index (χ0n) is 30.0. The topological polar surface area (TPSA) is 196 Å². The molecule has 3 aromatic rings. The first-order valence-electron chi connectivity index (χ1n) is 17.5. The second-order valence-electron chi connectivity index (χ2n) is 13.4. The van der Waals surface area contributed by atoms with E-state index >= 15 is 4.39 Å². The molecule has 6 N–H and O–H groups in total. The van der Waals surface area contributed by atoms with Crippen LogP contribution < -0.4 is 32.0 Å². The largest absolute Gasteiger partial charge is 0.477 e. The minimum absolute atomic E-state index is 0.0277. The van der Waals surface area contributed by atoms with Gasteiger partial charge in [0.15, 0.2) is 11.6 Å². The SMILES string of the molecule is CCn1cc(C(=O)O)c(=O)c2c(F)c(N3CCN(CC(=O)[C@H](CC(C)C)NC(=O)[C@H](C)NC(=O)[C@H](Cc4ccccc4)NC(=O)CN)CC3)ccc21. The van der Waals surface area contributed by atoms with E-state index < -0.39 is 58.6 Å². The maximum atomic E-state index is 15.9. The molecule has 15 heteroatoms. The number of aromatic nitrogens is 1. The van der Waals surface area contributed by atoms with Crippen LogP contribution in [0, 0.1) is 11.7 Å². The van der Waals surface area contributed by atoms with Crippen molar-refractivity contribution in [2.24, 2.45) is 11.7 Å². The van der Waals surface area contributed by atoms with E-state index in [0.29, 0.717) is 44.7 Å². The van der Waals surface area contributed by atoms with Gasteiger partial charge in [-0.25, -0.2) is 9.18 Å². The number of amides is 3. The van der Waals surface area contributed by atoms with Crippen molar-refractivity contribution in [3.8, 4) is 0 Å². The molecule has 2 heterocycles. The van der Waals surface area contributed by atoms with Crippen molar-refractivity contribution in [2.45, 2.75) is 65.2 Å². The van der Waals surface area contributed by atoms with Crippen LogP contribution in [0.15, 0.2) is 53.5 Å². The van der Waals surface area contributed by atoms with E-state index in [4.69, 9.17) is 5.73 Å². The summed E-state index contributed by atoms with van der Waals surface area (Å²) in [5, 5.41) is 17.3. The van der Waals surface area contributed by atoms with Gasteiger partial charge in [0.1, 0.15) is 17.6 Å². The molecule has 1 fully saturated rings. The maximum absolute atomic E-state index is 15.9. The van der Waals surface area contributed by atoms with Gasteiger partial charge < -0.3 is 36.3 Å². The van der Waals surface area contributed by atoms with Gasteiger partial charge in [0.25, 0.3) is 0 Å². The summed E-state index contributed by atoms with van der Waals surface area (Å²) in [7, 11) is 0. The van der Waals surface area contributed by atoms with Crippen molar-refractivity contribution >= 4 is 46.1 Å². The Bertz CT molecular complexity index is 1840. The average Bonchev–Trinajstić information content (AvgIpc) is 3.11. The minimum Gasteiger partial charge on any atom is -0.477 e. The predicted octanol–water partition coefficient (Wildman–Crippen LogP) is 1.27. The van der Waals surface area contributed by atoms with Crippen LogP contribution in [-0.2, 0) is 32.1 Å². The lowest BCUT2D eigenvalue weighted by molar-refractivity contribution is -0.133. The number of Topliss-reactive ketones (excluding diaryl/α,β-unsaturated/α-hetero) is 1. The van der Waals surface area contributed by atoms with Gasteiger partial charge in [0.05, 0.1) is 35.7 Å². The Morgan fingerprint density at radius 2 is 1.58 bits per heavy atom. The molecule has 2 aromatic carbocycles. The molecule has 0 spiro atoms. The van der Waals surface area contributed by atoms with E-state index in [0.717, 1.165) is 5.56 Å². The van der Waals surface area contributed by atoms with Crippen LogP contribution in [0.5, 0.6) is 0 Å². The summed E-state index contributed by atoms with van der Waals surface area (Å²) in [6.07, 6.45) is 1.78. The number of rotatable bonds is 16. The number of aromatic carboxylic acids is 1. The fraction of sp³-hybridized carbons (Fsp3) is 0.459. The number of nitrogens with two attached hydrogens (primary N) is 1. The first kappa shape index (κ1) is 39.6. The second-order valence-corrected chi connectivity index (χ2v) is 13.4. The fourth-order valence-electron chi connectivity index (χ4n) is 6.30. The number of fused-ring (bicyclic) bond motifs is 1. The molecule has 1 saturated heterocycles. The first-order chi connectivity index (χ1) is 24.7. The number of carboxylic acid groups (broad SMARTS) is 1. The third kappa shape index (κ3) is 9.79. The minimum atomic E-state index is -1.43. The fourth-order valence-corrected chi connectivity index (χ4v) is 6.30. The van der Waals surface area contributed by atoms with Gasteiger partial charge in [0.2, 0.25) is 23.2 Å². The van der Waals surface area contributed by atoms with Crippen molar-refractivity contribution in [1.29, 1.82) is 0 Å². The number of hydrogen-bond acceptors (Lipinski definition) is 9. The third-order valence-corrected chi connectivity index (χ3v) is 9.11. The molecule has 0 unspecified atom stereocenters. The summed E-state index contributed by atoms with van der Waals surface area (Å²) < 4.78 is 17.4. The Balaban J connectivity index is 1.39. The predicted molar refractivity (Wildman–Crippen MR) is 195 cm³/mol. The number of carbonyl (C=O) groups excluding carboxylic acids is 4. The van der Waals surface area contributed by atoms with Crippen LogP contribution in [0.4, 0.5) is 10.1 Å². The Kier molecular flexibility index (Phi) is 13.6. The number of hydrogen-bond donors (Lipinski definition) is 5. The summed E-state index contributed by atoms with van der Waals surface area (Å²) in [6, 6.07) is 9.46. The van der Waals surface area contributed by atoms with Gasteiger partial charge >= 0.3 is 5.97 Å². The Morgan fingerprint density at radius 1 is 0.904 bits per heavy atom. The number of pyridine rings is 1. The number of benzene rings is 2. The van der Waals surface area contributed by atoms with Crippen molar-refractivity contribution in [3.05, 3.63) is 75.8 Å². The zero-order chi connectivity index (χ0) is 38.1. The normalized spacial score (nSPS) is 15.2. The van der Waals surface area contributed by atoms with Gasteiger partial charge in [-0.05, 0) is 43.9 Å². The summed E-state index contributed by atoms with van der Waals surface area (Å²) in [5.74, 6) is -4.01. The lowest BCUT2D eigenvalue weighted by Crippen LogP contribution is -2.57. The Morgan fingerprint density at radius 3 is 2.17 bits per heavy atom. The van der Waals surface area contributed by atoms with Gasteiger partial charge in [0, 0.05) is 45.3 Å². The standard InChI is InChI=1S/C37H48FN7O7/c1-5-44-20-25(37(51)52)34(48)32-28(44)11-12-29(33(32)38)45-15-13-43(14-16-45)21-30(46)26(17-22(2)3)42-35(49)23(4)40-36(50)27(41-31(47)19-39)18-24-9-7-6-8-10-24/h6-12,20,22-23,26-27H,5,13-19,21,39H2,1-4H3,(H,40,50)(H,41,47)(H,42,49)(H,51,52)/t23-,26-,27-/m0/s1. The van der Waals surface area contributed by atoms with E-state index in [-0.39, 0.29) is 42.3 Å². The molecule has 4 rings (SSSR count). The average molecular weight is 722 g/mol. The molecule has 1 aromatic heterocycles. The van der Waals surface area contributed by atoms with Crippen molar-refractivity contribution in [2.75, 3.05) is 44.2 Å². The highest BCUT2D eigenvalue weighted by Gasteiger charge is 2.30. The van der Waals surface area contributed by atoms with Crippen molar-refractivity contribution in [3.63, 3.8) is 0 Å². The summed E-state index contributed by atoms with van der Waals surface area (Å²) in [4.78, 5) is 80.4. The molecule has 280 valence electrons. The lowest BCUT2D eigenvalue weighted by atomic mass is 9.99. The van der Waals surface area contributed by atoms with Crippen LogP contribution in [0.25, 0.3) is 10.9 Å². The quantitative estimate of drug-likeness (QED) is 0.144.